The second-order valence-corrected chi connectivity index (χ2v) is 6.19. The van der Waals surface area contributed by atoms with E-state index in [9.17, 15) is 4.79 Å². The molecule has 0 saturated carbocycles. The minimum Gasteiger partial charge on any atom is -0.497 e. The SMILES string of the molecule is COc1cccc(C2CC(C(=O)Nc3ccc(C)c(C)c3)NN2)c1. The number of rotatable bonds is 4. The van der Waals surface area contributed by atoms with Crippen molar-refractivity contribution in [2.24, 2.45) is 0 Å². The number of amides is 1. The maximum Gasteiger partial charge on any atom is 0.242 e. The quantitative estimate of drug-likeness (QED) is 0.809. The van der Waals surface area contributed by atoms with Gasteiger partial charge in [0.25, 0.3) is 0 Å². The smallest absolute Gasteiger partial charge is 0.242 e. The molecular formula is C19H23N3O2. The summed E-state index contributed by atoms with van der Waals surface area (Å²) in [6.45, 7) is 4.10. The van der Waals surface area contributed by atoms with Gasteiger partial charge < -0.3 is 10.1 Å². The molecule has 5 heteroatoms. The van der Waals surface area contributed by atoms with Gasteiger partial charge in [0.05, 0.1) is 7.11 Å². The first-order chi connectivity index (χ1) is 11.6. The molecule has 1 aliphatic rings. The van der Waals surface area contributed by atoms with Gasteiger partial charge in [-0.05, 0) is 61.2 Å². The third kappa shape index (κ3) is 3.58. The lowest BCUT2D eigenvalue weighted by Crippen LogP contribution is -2.39. The molecule has 1 fully saturated rings. The van der Waals surface area contributed by atoms with E-state index in [2.05, 4.69) is 23.1 Å². The van der Waals surface area contributed by atoms with Gasteiger partial charge in [-0.1, -0.05) is 18.2 Å². The highest BCUT2D eigenvalue weighted by molar-refractivity contribution is 5.95. The number of ether oxygens (including phenoxy) is 1. The van der Waals surface area contributed by atoms with Crippen LogP contribution in [0.4, 0.5) is 5.69 Å². The molecule has 0 bridgehead atoms. The third-order valence-corrected chi connectivity index (χ3v) is 4.49. The topological polar surface area (TPSA) is 62.4 Å². The summed E-state index contributed by atoms with van der Waals surface area (Å²) in [7, 11) is 1.65. The second kappa shape index (κ2) is 7.03. The molecular weight excluding hydrogens is 302 g/mol. The summed E-state index contributed by atoms with van der Waals surface area (Å²) in [5.41, 5.74) is 10.6. The largest absolute Gasteiger partial charge is 0.497 e. The molecule has 5 nitrogen and oxygen atoms in total. The van der Waals surface area contributed by atoms with Gasteiger partial charge in [-0.3, -0.25) is 4.79 Å². The Morgan fingerprint density at radius 3 is 2.71 bits per heavy atom. The molecule has 2 unspecified atom stereocenters. The van der Waals surface area contributed by atoms with Crippen LogP contribution in [-0.2, 0) is 4.79 Å². The van der Waals surface area contributed by atoms with Crippen molar-refractivity contribution in [2.45, 2.75) is 32.4 Å². The van der Waals surface area contributed by atoms with Crippen molar-refractivity contribution in [1.29, 1.82) is 0 Å². The Balaban J connectivity index is 1.64. The monoisotopic (exact) mass is 325 g/mol. The molecule has 126 valence electrons. The van der Waals surface area contributed by atoms with Crippen LogP contribution in [0.3, 0.4) is 0 Å². The first-order valence-corrected chi connectivity index (χ1v) is 8.10. The number of anilines is 1. The molecule has 3 rings (SSSR count). The van der Waals surface area contributed by atoms with E-state index in [0.29, 0.717) is 6.42 Å². The number of methoxy groups -OCH3 is 1. The Hall–Kier alpha value is -2.37. The summed E-state index contributed by atoms with van der Waals surface area (Å²) in [5, 5.41) is 2.98. The van der Waals surface area contributed by atoms with Crippen molar-refractivity contribution in [3.8, 4) is 5.75 Å². The highest BCUT2D eigenvalue weighted by Gasteiger charge is 2.30. The van der Waals surface area contributed by atoms with Crippen LogP contribution < -0.4 is 20.9 Å². The molecule has 2 aromatic rings. The number of hydrogen-bond acceptors (Lipinski definition) is 4. The van der Waals surface area contributed by atoms with Crippen molar-refractivity contribution in [2.75, 3.05) is 12.4 Å². The van der Waals surface area contributed by atoms with Gasteiger partial charge in [-0.2, -0.15) is 0 Å². The predicted molar refractivity (Wildman–Crippen MR) is 95.0 cm³/mol. The molecule has 0 radical (unpaired) electrons. The van der Waals surface area contributed by atoms with Gasteiger partial charge in [0.2, 0.25) is 5.91 Å². The number of benzene rings is 2. The lowest BCUT2D eigenvalue weighted by atomic mass is 10.0. The van der Waals surface area contributed by atoms with Crippen LogP contribution in [0, 0.1) is 13.8 Å². The zero-order chi connectivity index (χ0) is 17.1. The van der Waals surface area contributed by atoms with E-state index in [4.69, 9.17) is 4.74 Å². The van der Waals surface area contributed by atoms with Crippen LogP contribution in [0.5, 0.6) is 5.75 Å². The highest BCUT2D eigenvalue weighted by atomic mass is 16.5. The summed E-state index contributed by atoms with van der Waals surface area (Å²) >= 11 is 0. The molecule has 1 amide bonds. The maximum absolute atomic E-state index is 12.5. The average molecular weight is 325 g/mol. The van der Waals surface area contributed by atoms with Crippen LogP contribution >= 0.6 is 0 Å². The van der Waals surface area contributed by atoms with Crippen molar-refractivity contribution in [3.05, 3.63) is 59.2 Å². The Bertz CT molecular complexity index is 745. The minimum atomic E-state index is -0.275. The Morgan fingerprint density at radius 2 is 1.96 bits per heavy atom. The molecule has 0 aromatic heterocycles. The number of aryl methyl sites for hydroxylation is 2. The zero-order valence-corrected chi connectivity index (χ0v) is 14.2. The average Bonchev–Trinajstić information content (AvgIpc) is 3.08. The molecule has 3 N–H and O–H groups in total. The first-order valence-electron chi connectivity index (χ1n) is 8.10. The van der Waals surface area contributed by atoms with Crippen LogP contribution in [0.1, 0.15) is 29.2 Å². The van der Waals surface area contributed by atoms with Gasteiger partial charge in [0, 0.05) is 11.7 Å². The second-order valence-electron chi connectivity index (χ2n) is 6.19. The maximum atomic E-state index is 12.5. The zero-order valence-electron chi connectivity index (χ0n) is 14.2. The van der Waals surface area contributed by atoms with E-state index in [-0.39, 0.29) is 18.0 Å². The Kier molecular flexibility index (Phi) is 4.83. The van der Waals surface area contributed by atoms with Gasteiger partial charge in [-0.25, -0.2) is 10.9 Å². The number of carbonyl (C=O) groups excluding carboxylic acids is 1. The molecule has 2 aromatic carbocycles. The summed E-state index contributed by atoms with van der Waals surface area (Å²) < 4.78 is 5.26. The molecule has 1 heterocycles. The van der Waals surface area contributed by atoms with Gasteiger partial charge in [-0.15, -0.1) is 0 Å². The summed E-state index contributed by atoms with van der Waals surface area (Å²) in [5.74, 6) is 0.786. The molecule has 1 aliphatic heterocycles. The summed E-state index contributed by atoms with van der Waals surface area (Å²) in [6.07, 6.45) is 0.684. The standard InChI is InChI=1S/C19H23N3O2/c1-12-7-8-15(9-13(12)2)20-19(23)18-11-17(21-22-18)14-5-4-6-16(10-14)24-3/h4-10,17-18,21-22H,11H2,1-3H3,(H,20,23). The van der Waals surface area contributed by atoms with E-state index >= 15 is 0 Å². The number of carbonyl (C=O) groups is 1. The van der Waals surface area contributed by atoms with Crippen LogP contribution in [0.25, 0.3) is 0 Å². The van der Waals surface area contributed by atoms with Crippen molar-refractivity contribution < 1.29 is 9.53 Å². The van der Waals surface area contributed by atoms with Crippen LogP contribution in [-0.4, -0.2) is 19.1 Å². The van der Waals surface area contributed by atoms with Crippen LogP contribution in [0.2, 0.25) is 0 Å². The lowest BCUT2D eigenvalue weighted by Gasteiger charge is -2.12. The van der Waals surface area contributed by atoms with E-state index in [1.54, 1.807) is 7.11 Å². The summed E-state index contributed by atoms with van der Waals surface area (Å²) in [4.78, 5) is 12.5. The number of hydrogen-bond donors (Lipinski definition) is 3. The van der Waals surface area contributed by atoms with Gasteiger partial charge in [0.1, 0.15) is 11.8 Å². The van der Waals surface area contributed by atoms with E-state index in [1.165, 1.54) is 11.1 Å². The molecule has 0 aliphatic carbocycles. The lowest BCUT2D eigenvalue weighted by molar-refractivity contribution is -0.117. The van der Waals surface area contributed by atoms with E-state index in [1.807, 2.05) is 49.4 Å². The molecule has 2 atom stereocenters. The normalized spacial score (nSPS) is 20.0. The third-order valence-electron chi connectivity index (χ3n) is 4.49. The van der Waals surface area contributed by atoms with Gasteiger partial charge >= 0.3 is 0 Å². The number of hydrazine groups is 1. The van der Waals surface area contributed by atoms with E-state index < -0.39 is 0 Å². The molecule has 1 saturated heterocycles. The Labute approximate surface area is 142 Å². The van der Waals surface area contributed by atoms with Crippen molar-refractivity contribution in [1.82, 2.24) is 10.9 Å². The highest BCUT2D eigenvalue weighted by Crippen LogP contribution is 2.26. The predicted octanol–water partition coefficient (Wildman–Crippen LogP) is 2.86. The molecule has 24 heavy (non-hydrogen) atoms. The fourth-order valence-corrected chi connectivity index (χ4v) is 2.85. The summed E-state index contributed by atoms with van der Waals surface area (Å²) in [6, 6.07) is 13.6. The Morgan fingerprint density at radius 1 is 1.12 bits per heavy atom. The fraction of sp³-hybridized carbons (Fsp3) is 0.316. The fourth-order valence-electron chi connectivity index (χ4n) is 2.85. The van der Waals surface area contributed by atoms with Gasteiger partial charge in [0.15, 0.2) is 0 Å². The van der Waals surface area contributed by atoms with E-state index in [0.717, 1.165) is 17.0 Å². The van der Waals surface area contributed by atoms with Crippen molar-refractivity contribution >= 4 is 11.6 Å². The molecule has 0 spiro atoms. The minimum absolute atomic E-state index is 0.0313. The first kappa shape index (κ1) is 16.5. The van der Waals surface area contributed by atoms with Crippen LogP contribution in [0.15, 0.2) is 42.5 Å². The van der Waals surface area contributed by atoms with Crippen molar-refractivity contribution in [3.63, 3.8) is 0 Å². The number of nitrogens with one attached hydrogen (secondary N) is 3.